The molecule has 1 fully saturated rings. The Morgan fingerprint density at radius 2 is 1.49 bits per heavy atom. The van der Waals surface area contributed by atoms with Gasteiger partial charge in [-0.2, -0.15) is 0 Å². The van der Waals surface area contributed by atoms with Gasteiger partial charge in [-0.15, -0.1) is 0 Å². The number of methoxy groups -OCH3 is 1. The van der Waals surface area contributed by atoms with Crippen LogP contribution in [0.3, 0.4) is 0 Å². The lowest BCUT2D eigenvalue weighted by Gasteiger charge is -2.28. The van der Waals surface area contributed by atoms with Crippen LogP contribution in [0.4, 0.5) is 4.79 Å². The summed E-state index contributed by atoms with van der Waals surface area (Å²) in [6.45, 7) is 6.09. The second-order valence-corrected chi connectivity index (χ2v) is 10.9. The zero-order chi connectivity index (χ0) is 26.8. The lowest BCUT2D eigenvalue weighted by Crippen LogP contribution is -2.38. The van der Waals surface area contributed by atoms with E-state index in [9.17, 15) is 14.4 Å². The number of hydrogen-bond donors (Lipinski definition) is 0. The molecule has 0 radical (unpaired) electrons. The van der Waals surface area contributed by atoms with Crippen LogP contribution in [-0.4, -0.2) is 41.5 Å². The number of unbranched alkanes of at least 4 members (excludes halogenated alkanes) is 4. The molecular formula is C31H41NO5. The maximum Gasteiger partial charge on any atom is 0.410 e. The molecule has 0 spiro atoms. The molecule has 2 unspecified atom stereocenters. The first-order chi connectivity index (χ1) is 17.7. The van der Waals surface area contributed by atoms with Gasteiger partial charge in [-0.3, -0.25) is 9.59 Å². The van der Waals surface area contributed by atoms with E-state index < -0.39 is 5.60 Å². The number of nitrogens with zero attached hydrogens (tertiary/aromatic N) is 1. The van der Waals surface area contributed by atoms with E-state index in [1.165, 1.54) is 12.7 Å². The monoisotopic (exact) mass is 507 g/mol. The number of Topliss-reactive ketones (excluding diaryl/α,β-unsaturated/α-hetero) is 1. The Morgan fingerprint density at radius 1 is 0.865 bits per heavy atom. The van der Waals surface area contributed by atoms with E-state index in [1.807, 2.05) is 68.1 Å². The molecule has 0 saturated heterocycles. The predicted octanol–water partition coefficient (Wildman–Crippen LogP) is 7.07. The summed E-state index contributed by atoms with van der Waals surface area (Å²) in [5.74, 6) is 0.285. The molecule has 2 atom stereocenters. The number of benzene rings is 2. The van der Waals surface area contributed by atoms with Crippen molar-refractivity contribution in [3.05, 3.63) is 71.3 Å². The number of hydrogen-bond acceptors (Lipinski definition) is 5. The smallest absolute Gasteiger partial charge is 0.410 e. The molecule has 6 nitrogen and oxygen atoms in total. The van der Waals surface area contributed by atoms with Crippen molar-refractivity contribution in [2.45, 2.75) is 96.2 Å². The van der Waals surface area contributed by atoms with Crippen LogP contribution in [0.15, 0.2) is 54.6 Å². The molecule has 200 valence electrons. The van der Waals surface area contributed by atoms with Gasteiger partial charge in [0.05, 0.1) is 7.11 Å². The summed E-state index contributed by atoms with van der Waals surface area (Å²) in [6, 6.07) is 18.0. The molecule has 1 aliphatic carbocycles. The zero-order valence-corrected chi connectivity index (χ0v) is 22.7. The topological polar surface area (TPSA) is 72.9 Å². The van der Waals surface area contributed by atoms with Crippen molar-refractivity contribution >= 4 is 17.8 Å². The first-order valence-electron chi connectivity index (χ1n) is 13.4. The van der Waals surface area contributed by atoms with Gasteiger partial charge >= 0.3 is 12.1 Å². The lowest BCUT2D eigenvalue weighted by molar-refractivity contribution is -0.140. The molecule has 2 aromatic rings. The number of ketones is 1. The molecule has 0 N–H and O–H groups in total. The fraction of sp³-hybridized carbons (Fsp3) is 0.516. The summed E-state index contributed by atoms with van der Waals surface area (Å²) in [5.41, 5.74) is 2.36. The minimum absolute atomic E-state index is 0.103. The number of amides is 1. The molecule has 0 bridgehead atoms. The molecular weight excluding hydrogens is 466 g/mol. The van der Waals surface area contributed by atoms with Crippen LogP contribution in [-0.2, 0) is 20.8 Å². The maximum absolute atomic E-state index is 13.1. The number of carbonyl (C=O) groups is 3. The number of esters is 1. The van der Waals surface area contributed by atoms with Crippen LogP contribution in [0.25, 0.3) is 0 Å². The average molecular weight is 508 g/mol. The Kier molecular flexibility index (Phi) is 10.3. The number of rotatable bonds is 13. The quantitative estimate of drug-likeness (QED) is 0.165. The Hall–Kier alpha value is -3.15. The summed E-state index contributed by atoms with van der Waals surface area (Å²) >= 11 is 0. The van der Waals surface area contributed by atoms with Gasteiger partial charge in [0.25, 0.3) is 0 Å². The highest BCUT2D eigenvalue weighted by Gasteiger charge is 2.45. The second kappa shape index (κ2) is 13.4. The van der Waals surface area contributed by atoms with E-state index in [-0.39, 0.29) is 23.9 Å². The summed E-state index contributed by atoms with van der Waals surface area (Å²) < 4.78 is 10.4. The average Bonchev–Trinajstić information content (AvgIpc) is 3.67. The third-order valence-corrected chi connectivity index (χ3v) is 6.65. The van der Waals surface area contributed by atoms with Gasteiger partial charge in [-0.05, 0) is 51.2 Å². The highest BCUT2D eigenvalue weighted by Crippen LogP contribution is 2.45. The van der Waals surface area contributed by atoms with Crippen LogP contribution in [0.2, 0.25) is 0 Å². The molecule has 2 aromatic carbocycles. The largest absolute Gasteiger partial charge is 0.469 e. The molecule has 1 aliphatic rings. The first-order valence-corrected chi connectivity index (χ1v) is 13.4. The fourth-order valence-corrected chi connectivity index (χ4v) is 4.55. The van der Waals surface area contributed by atoms with Gasteiger partial charge in [-0.25, -0.2) is 4.79 Å². The van der Waals surface area contributed by atoms with Crippen molar-refractivity contribution in [1.82, 2.24) is 4.90 Å². The Morgan fingerprint density at radius 3 is 2.11 bits per heavy atom. The molecule has 6 heteroatoms. The van der Waals surface area contributed by atoms with E-state index in [2.05, 4.69) is 16.9 Å². The van der Waals surface area contributed by atoms with Crippen molar-refractivity contribution in [2.75, 3.05) is 7.11 Å². The summed E-state index contributed by atoms with van der Waals surface area (Å²) in [5, 5.41) is 0. The van der Waals surface area contributed by atoms with E-state index in [0.717, 1.165) is 44.1 Å². The van der Waals surface area contributed by atoms with Crippen molar-refractivity contribution in [3.8, 4) is 0 Å². The van der Waals surface area contributed by atoms with E-state index >= 15 is 0 Å². The maximum atomic E-state index is 13.1. The number of ether oxygens (including phenoxy) is 2. The Bertz CT molecular complexity index is 1030. The molecule has 3 rings (SSSR count). The highest BCUT2D eigenvalue weighted by atomic mass is 16.6. The third kappa shape index (κ3) is 9.34. The van der Waals surface area contributed by atoms with Crippen LogP contribution >= 0.6 is 0 Å². The Labute approximate surface area is 221 Å². The molecule has 0 heterocycles. The minimum atomic E-state index is -0.565. The molecule has 37 heavy (non-hydrogen) atoms. The van der Waals surface area contributed by atoms with Crippen molar-refractivity contribution in [1.29, 1.82) is 0 Å². The van der Waals surface area contributed by atoms with Crippen LogP contribution in [0.5, 0.6) is 0 Å². The molecule has 1 amide bonds. The second-order valence-electron chi connectivity index (χ2n) is 10.9. The van der Waals surface area contributed by atoms with Gasteiger partial charge in [0, 0.05) is 36.9 Å². The normalized spacial score (nSPS) is 16.6. The molecule has 0 aromatic heterocycles. The lowest BCUT2D eigenvalue weighted by atomic mass is 10.0. The highest BCUT2D eigenvalue weighted by molar-refractivity contribution is 5.96. The van der Waals surface area contributed by atoms with E-state index in [4.69, 9.17) is 4.74 Å². The van der Waals surface area contributed by atoms with Gasteiger partial charge in [0.2, 0.25) is 0 Å². The third-order valence-electron chi connectivity index (χ3n) is 6.65. The van der Waals surface area contributed by atoms with Gasteiger partial charge in [0.15, 0.2) is 5.78 Å². The number of carbonyl (C=O) groups excluding carboxylic acids is 3. The van der Waals surface area contributed by atoms with Crippen LogP contribution < -0.4 is 0 Å². The first kappa shape index (κ1) is 28.4. The Balaban J connectivity index is 1.52. The molecule has 0 aliphatic heterocycles. The van der Waals surface area contributed by atoms with E-state index in [0.29, 0.717) is 30.9 Å². The standard InChI is InChI=1S/C31H41NO5/c1-31(2,3)37-30(35)32(27-21-26(27)24-13-9-8-10-14-24)22-23-17-19-25(20-18-23)28(33)15-11-6-5-7-12-16-29(34)36-4/h8-10,13-14,17-20,26-27H,5-7,11-12,15-16,21-22H2,1-4H3. The van der Waals surface area contributed by atoms with Gasteiger partial charge in [0.1, 0.15) is 5.60 Å². The van der Waals surface area contributed by atoms with Crippen molar-refractivity contribution < 1.29 is 23.9 Å². The van der Waals surface area contributed by atoms with Crippen molar-refractivity contribution in [3.63, 3.8) is 0 Å². The van der Waals surface area contributed by atoms with Crippen LogP contribution in [0.1, 0.15) is 99.5 Å². The van der Waals surface area contributed by atoms with Gasteiger partial charge in [-0.1, -0.05) is 73.9 Å². The van der Waals surface area contributed by atoms with Crippen molar-refractivity contribution in [2.24, 2.45) is 0 Å². The molecule has 1 saturated carbocycles. The SMILES string of the molecule is COC(=O)CCCCCCCC(=O)c1ccc(CN(C(=O)OC(C)(C)C)C2CC2c2ccccc2)cc1. The minimum Gasteiger partial charge on any atom is -0.469 e. The summed E-state index contributed by atoms with van der Waals surface area (Å²) in [4.78, 5) is 38.7. The summed E-state index contributed by atoms with van der Waals surface area (Å²) in [7, 11) is 1.41. The van der Waals surface area contributed by atoms with Crippen LogP contribution in [0, 0.1) is 0 Å². The fourth-order valence-electron chi connectivity index (χ4n) is 4.55. The van der Waals surface area contributed by atoms with Gasteiger partial charge < -0.3 is 14.4 Å². The zero-order valence-electron chi connectivity index (χ0n) is 22.7. The summed E-state index contributed by atoms with van der Waals surface area (Å²) in [6.07, 6.45) is 6.21. The predicted molar refractivity (Wildman–Crippen MR) is 144 cm³/mol. The van der Waals surface area contributed by atoms with E-state index in [1.54, 1.807) is 0 Å².